The minimum Gasteiger partial charge on any atom is -0.870 e. The normalized spacial score (nSPS) is 17.8. The van der Waals surface area contributed by atoms with Crippen LogP contribution in [0.2, 0.25) is 0 Å². The zero-order valence-corrected chi connectivity index (χ0v) is 58.3. The molecule has 0 saturated carbocycles. The van der Waals surface area contributed by atoms with E-state index in [-0.39, 0.29) is 60.8 Å². The molecule has 5 aromatic carbocycles. The van der Waals surface area contributed by atoms with Crippen LogP contribution in [0, 0.1) is 34.0 Å². The Labute approximate surface area is 614 Å². The molecule has 7 aliphatic heterocycles. The first kappa shape index (κ1) is 76.1. The first-order valence-electron chi connectivity index (χ1n) is 35.1. The van der Waals surface area contributed by atoms with Crippen LogP contribution in [-0.2, 0) is 74.2 Å². The van der Waals surface area contributed by atoms with Crippen LogP contribution >= 0.6 is 0 Å². The summed E-state index contributed by atoms with van der Waals surface area (Å²) in [5, 5.41) is 40.2. The Kier molecular flexibility index (Phi) is 25.9. The minimum absolute atomic E-state index is 0. The molecule has 0 amide bonds. The van der Waals surface area contributed by atoms with Crippen molar-refractivity contribution >= 4 is 57.1 Å². The molecule has 103 heavy (non-hydrogen) atoms. The van der Waals surface area contributed by atoms with Gasteiger partial charge in [0.2, 0.25) is 0 Å². The molecule has 16 rings (SSSR count). The van der Waals surface area contributed by atoms with Crippen molar-refractivity contribution in [3.05, 3.63) is 200 Å². The number of carboxylic acids is 1. The van der Waals surface area contributed by atoms with E-state index in [2.05, 4.69) is 117 Å². The third-order valence-corrected chi connectivity index (χ3v) is 20.6. The standard InChI is InChI=1S/C34H37N7O2.C33H35N7O3.C11H12N2.CH4.Li.2H2O/c1-24(42)27-7-8-30-31(20-27)41(22-29-11-18-43-29)34(36-30)23-38-14-16-40(17-15-38)33-4-2-3-32(37-33)39-12-9-26-6-5-25(21-35)19-28(26)10-13-39;34-20-23-4-5-24-8-11-38(12-9-25(24)18-23)30-2-1-3-31(36-30)39-15-13-37(14-16-39)22-32-35-28-7-6-26(33(41)42)19-29(28)40(32)21-27-10-17-43-27;12-8-9-1-2-10-3-5-13-6-4-11(10)7-9;;;;/h2-8,19-20,29H,9-18,22-23H2,1H3;1-7,18-19,27H,8-17,21-22H2,(H,41,42);1-2,7,13H,3-6H2;1H4;;2*1H2/q;;;;+1;;/p-1/t29-;27-;;;;;/m00...../s1. The predicted molar refractivity (Wildman–Crippen MR) is 394 cm³/mol. The predicted octanol–water partition coefficient (Wildman–Crippen LogP) is 5.82. The number of piperazine rings is 2. The number of aromatic nitrogens is 6. The van der Waals surface area contributed by atoms with Gasteiger partial charge >= 0.3 is 24.8 Å². The molecule has 7 aliphatic rings. The van der Waals surface area contributed by atoms with Gasteiger partial charge in [-0.05, 0) is 202 Å². The number of aromatic carboxylic acids is 1. The number of nitrogens with zero attached hydrogens (tertiary/aromatic N) is 15. The van der Waals surface area contributed by atoms with Crippen LogP contribution in [-0.4, -0.2) is 184 Å². The van der Waals surface area contributed by atoms with Crippen molar-refractivity contribution in [1.29, 1.82) is 15.8 Å². The zero-order chi connectivity index (χ0) is 67.8. The Balaban J connectivity index is 0.000000182. The number of carbonyl (C=O) groups is 2. The summed E-state index contributed by atoms with van der Waals surface area (Å²) < 4.78 is 15.9. The van der Waals surface area contributed by atoms with E-state index in [0.717, 1.165) is 249 Å². The van der Waals surface area contributed by atoms with Crippen LogP contribution in [0.5, 0.6) is 0 Å². The summed E-state index contributed by atoms with van der Waals surface area (Å²) in [4.78, 5) is 58.2. The maximum absolute atomic E-state index is 12.1. The Hall–Kier alpha value is -9.53. The Morgan fingerprint density at radius 1 is 0.485 bits per heavy atom. The van der Waals surface area contributed by atoms with Crippen LogP contribution in [0.15, 0.2) is 127 Å². The van der Waals surface area contributed by atoms with Crippen molar-refractivity contribution in [2.45, 2.75) is 104 Å². The Morgan fingerprint density at radius 3 is 1.22 bits per heavy atom. The number of carboxylic acid groups (broad SMARTS) is 1. The monoisotopic (exact) mass is 1380 g/mol. The number of fused-ring (bicyclic) bond motifs is 5. The van der Waals surface area contributed by atoms with Gasteiger partial charge in [0.25, 0.3) is 0 Å². The van der Waals surface area contributed by atoms with E-state index in [4.69, 9.17) is 34.7 Å². The molecule has 2 atom stereocenters. The molecule has 4 aromatic heterocycles. The number of ether oxygens (including phenoxy) is 2. The number of benzene rings is 5. The van der Waals surface area contributed by atoms with E-state index >= 15 is 0 Å². The molecule has 11 heterocycles. The van der Waals surface area contributed by atoms with Gasteiger partial charge in [-0.25, -0.2) is 24.7 Å². The first-order valence-corrected chi connectivity index (χ1v) is 35.1. The van der Waals surface area contributed by atoms with E-state index in [1.165, 1.54) is 33.4 Å². The number of ketones is 1. The maximum atomic E-state index is 12.1. The zero-order valence-electron chi connectivity index (χ0n) is 58.3. The largest absolute Gasteiger partial charge is 1.00 e. The summed E-state index contributed by atoms with van der Waals surface area (Å²) >= 11 is 0. The SMILES string of the molecule is C.CC(=O)c1ccc2nc(CN3CCN(c4cccc(N5CCc6ccc(C#N)cc6CC5)n4)CC3)n(C[C@@H]3CCO3)c2c1.N#Cc1ccc2c(c1)CCN(c1cccc(N3CCN(Cc4nc5ccc(C(=O)O)cc5n4C[C@@H]4CCO4)CC3)n1)CC2.N#Cc1ccc2c(c1)CCNCC2.O.[Li+].[OH-]. The third kappa shape index (κ3) is 17.9. The van der Waals surface area contributed by atoms with Crippen LogP contribution in [0.4, 0.5) is 23.3 Å². The summed E-state index contributed by atoms with van der Waals surface area (Å²) in [6.45, 7) is 19.0. The van der Waals surface area contributed by atoms with Crippen molar-refractivity contribution in [2.24, 2.45) is 0 Å². The van der Waals surface area contributed by atoms with Crippen molar-refractivity contribution in [3.8, 4) is 18.2 Å². The second-order valence-electron chi connectivity index (χ2n) is 26.9. The number of rotatable bonds is 14. The number of hydrogen-bond donors (Lipinski definition) is 2. The Morgan fingerprint density at radius 2 is 0.845 bits per heavy atom. The molecular weight excluding hydrogens is 1290 g/mol. The fraction of sp³-hybridized carbons (Fsp3) is 0.405. The second kappa shape index (κ2) is 35.1. The van der Waals surface area contributed by atoms with Gasteiger partial charge in [-0.1, -0.05) is 37.8 Å². The summed E-state index contributed by atoms with van der Waals surface area (Å²) in [5.41, 5.74) is 14.8. The van der Waals surface area contributed by atoms with E-state index in [1.54, 1.807) is 19.1 Å². The van der Waals surface area contributed by atoms with Gasteiger partial charge in [-0.15, -0.1) is 0 Å². The van der Waals surface area contributed by atoms with Crippen LogP contribution in [0.25, 0.3) is 22.1 Å². The maximum Gasteiger partial charge on any atom is 1.00 e. The van der Waals surface area contributed by atoms with Gasteiger partial charge in [0.05, 0.1) is 101 Å². The van der Waals surface area contributed by atoms with E-state index in [9.17, 15) is 25.2 Å². The van der Waals surface area contributed by atoms with Crippen LogP contribution in [0.1, 0.15) is 110 Å². The molecule has 0 spiro atoms. The number of anilines is 4. The number of nitriles is 3. The quantitative estimate of drug-likeness (QED) is 0.0956. The average molecular weight is 1380 g/mol. The molecule has 0 bridgehead atoms. The fourth-order valence-electron chi connectivity index (χ4n) is 14.6. The van der Waals surface area contributed by atoms with Gasteiger partial charge in [-0.2, -0.15) is 15.8 Å². The molecule has 9 aromatic rings. The molecule has 530 valence electrons. The van der Waals surface area contributed by atoms with Crippen molar-refractivity contribution in [1.82, 2.24) is 44.2 Å². The molecule has 4 saturated heterocycles. The number of Topliss-reactive ketones (excluding diaryl/α,β-unsaturated/α-hetero) is 1. The molecule has 0 aliphatic carbocycles. The number of nitrogens with one attached hydrogen (secondary N) is 1. The fourth-order valence-corrected chi connectivity index (χ4v) is 14.6. The summed E-state index contributed by atoms with van der Waals surface area (Å²) in [7, 11) is 0. The van der Waals surface area contributed by atoms with Crippen molar-refractivity contribution in [2.75, 3.05) is 124 Å². The van der Waals surface area contributed by atoms with Gasteiger partial charge in [0, 0.05) is 97.3 Å². The minimum atomic E-state index is -0.931. The smallest absolute Gasteiger partial charge is 0.870 e. The average Bonchev–Trinajstić information content (AvgIpc) is 1.64. The van der Waals surface area contributed by atoms with E-state index in [0.29, 0.717) is 13.1 Å². The van der Waals surface area contributed by atoms with Gasteiger partial charge in [0.15, 0.2) is 5.78 Å². The summed E-state index contributed by atoms with van der Waals surface area (Å²) in [6.07, 6.45) is 8.28. The van der Waals surface area contributed by atoms with E-state index in [1.807, 2.05) is 60.7 Å². The molecule has 4 fully saturated rings. The number of carbonyl (C=O) groups excluding carboxylic acids is 1. The van der Waals surface area contributed by atoms with Gasteiger partial charge < -0.3 is 59.6 Å². The third-order valence-electron chi connectivity index (χ3n) is 20.6. The van der Waals surface area contributed by atoms with Crippen LogP contribution in [0.3, 0.4) is 0 Å². The number of hydrogen-bond acceptors (Lipinski definition) is 19. The first-order chi connectivity index (χ1) is 48.5. The summed E-state index contributed by atoms with van der Waals surface area (Å²) in [5.74, 6) is 5.17. The summed E-state index contributed by atoms with van der Waals surface area (Å²) in [6, 6.07) is 48.5. The van der Waals surface area contributed by atoms with Gasteiger partial charge in [0.1, 0.15) is 34.9 Å². The molecule has 24 heteroatoms. The van der Waals surface area contributed by atoms with E-state index < -0.39 is 5.97 Å². The molecule has 0 unspecified atom stereocenters. The van der Waals surface area contributed by atoms with Crippen molar-refractivity contribution < 1.29 is 54.0 Å². The number of imidazole rings is 2. The van der Waals surface area contributed by atoms with Crippen LogP contribution < -0.4 is 43.8 Å². The topological polar surface area (TPSA) is 299 Å². The number of pyridine rings is 2. The molecule has 5 N–H and O–H groups in total. The molecule has 23 nitrogen and oxygen atoms in total. The van der Waals surface area contributed by atoms with Crippen molar-refractivity contribution in [3.63, 3.8) is 0 Å². The second-order valence-corrected chi connectivity index (χ2v) is 26.9. The molecular formula is C79H91LiN16O7. The molecule has 0 radical (unpaired) electrons. The van der Waals surface area contributed by atoms with Gasteiger partial charge in [-0.3, -0.25) is 14.6 Å². The Bertz CT molecular complexity index is 4320.